The lowest BCUT2D eigenvalue weighted by molar-refractivity contribution is -0.139. The first-order valence-corrected chi connectivity index (χ1v) is 9.28. The molecule has 2 unspecified atom stereocenters. The van der Waals surface area contributed by atoms with Crippen LogP contribution in [-0.4, -0.2) is 49.1 Å². The van der Waals surface area contributed by atoms with Crippen molar-refractivity contribution in [3.8, 4) is 0 Å². The Morgan fingerprint density at radius 1 is 1.28 bits per heavy atom. The molecule has 0 N–H and O–H groups in total. The number of benzene rings is 1. The van der Waals surface area contributed by atoms with Gasteiger partial charge in [-0.2, -0.15) is 0 Å². The van der Waals surface area contributed by atoms with E-state index in [0.717, 1.165) is 36.2 Å². The van der Waals surface area contributed by atoms with Crippen LogP contribution in [0.1, 0.15) is 37.3 Å². The minimum atomic E-state index is -0.243. The van der Waals surface area contributed by atoms with Gasteiger partial charge in [0, 0.05) is 38.3 Å². The number of piperidine rings is 1. The zero-order valence-electron chi connectivity index (χ0n) is 15.5. The average Bonchev–Trinajstić information content (AvgIpc) is 2.99. The van der Waals surface area contributed by atoms with E-state index in [2.05, 4.69) is 0 Å². The number of aryl methyl sites for hydroxylation is 1. The monoisotopic (exact) mass is 344 g/mol. The molecule has 25 heavy (non-hydrogen) atoms. The third kappa shape index (κ3) is 3.71. The second-order valence-corrected chi connectivity index (χ2v) is 7.13. The van der Waals surface area contributed by atoms with Crippen molar-refractivity contribution < 1.29 is 14.3 Å². The molecule has 1 aromatic carbocycles. The van der Waals surface area contributed by atoms with Crippen molar-refractivity contribution in [2.75, 3.05) is 31.1 Å². The van der Waals surface area contributed by atoms with E-state index >= 15 is 0 Å². The molecule has 0 bridgehead atoms. The summed E-state index contributed by atoms with van der Waals surface area (Å²) in [4.78, 5) is 29.1. The highest BCUT2D eigenvalue weighted by atomic mass is 16.5. The van der Waals surface area contributed by atoms with Gasteiger partial charge in [0.2, 0.25) is 11.8 Å². The van der Waals surface area contributed by atoms with Gasteiger partial charge in [-0.3, -0.25) is 9.59 Å². The highest BCUT2D eigenvalue weighted by molar-refractivity contribution is 6.00. The minimum Gasteiger partial charge on any atom is -0.377 e. The Morgan fingerprint density at radius 3 is 2.84 bits per heavy atom. The molecule has 2 saturated heterocycles. The number of carbonyl (C=O) groups is 2. The molecule has 0 aromatic heterocycles. The summed E-state index contributed by atoms with van der Waals surface area (Å²) in [6, 6.07) is 5.99. The summed E-state index contributed by atoms with van der Waals surface area (Å²) in [5.74, 6) is -0.0937. The third-order valence-electron chi connectivity index (χ3n) is 5.43. The van der Waals surface area contributed by atoms with Gasteiger partial charge in [-0.1, -0.05) is 12.1 Å². The van der Waals surface area contributed by atoms with Gasteiger partial charge < -0.3 is 14.5 Å². The number of amides is 2. The SMILES string of the molecule is CCOC1CCCN(C(=O)C2CC(=O)N(c3cccc(C)c3C)C2)C1. The molecule has 2 aliphatic rings. The highest BCUT2D eigenvalue weighted by Gasteiger charge is 2.38. The van der Waals surface area contributed by atoms with Gasteiger partial charge in [-0.15, -0.1) is 0 Å². The lowest BCUT2D eigenvalue weighted by atomic mass is 10.0. The number of rotatable bonds is 4. The van der Waals surface area contributed by atoms with E-state index in [9.17, 15) is 9.59 Å². The second-order valence-electron chi connectivity index (χ2n) is 7.13. The van der Waals surface area contributed by atoms with Crippen molar-refractivity contribution in [1.29, 1.82) is 0 Å². The Balaban J connectivity index is 1.69. The van der Waals surface area contributed by atoms with Crippen LogP contribution in [0.5, 0.6) is 0 Å². The molecule has 0 saturated carbocycles. The van der Waals surface area contributed by atoms with Crippen LogP contribution in [-0.2, 0) is 14.3 Å². The van der Waals surface area contributed by atoms with Gasteiger partial charge >= 0.3 is 0 Å². The normalized spacial score (nSPS) is 24.0. The van der Waals surface area contributed by atoms with E-state index in [4.69, 9.17) is 4.74 Å². The lowest BCUT2D eigenvalue weighted by Crippen LogP contribution is -2.46. The maximum Gasteiger partial charge on any atom is 0.228 e. The lowest BCUT2D eigenvalue weighted by Gasteiger charge is -2.34. The molecule has 2 amide bonds. The maximum atomic E-state index is 12.9. The van der Waals surface area contributed by atoms with E-state index in [0.29, 0.717) is 26.1 Å². The molecule has 2 aliphatic heterocycles. The van der Waals surface area contributed by atoms with Crippen molar-refractivity contribution in [1.82, 2.24) is 4.90 Å². The smallest absolute Gasteiger partial charge is 0.228 e. The van der Waals surface area contributed by atoms with Crippen molar-refractivity contribution in [3.05, 3.63) is 29.3 Å². The maximum absolute atomic E-state index is 12.9. The van der Waals surface area contributed by atoms with Crippen LogP contribution in [0.25, 0.3) is 0 Å². The largest absolute Gasteiger partial charge is 0.377 e. The van der Waals surface area contributed by atoms with Crippen LogP contribution < -0.4 is 4.90 Å². The van der Waals surface area contributed by atoms with Gasteiger partial charge in [0.05, 0.1) is 12.0 Å². The van der Waals surface area contributed by atoms with E-state index < -0.39 is 0 Å². The topological polar surface area (TPSA) is 49.9 Å². The van der Waals surface area contributed by atoms with Crippen LogP contribution in [0.15, 0.2) is 18.2 Å². The number of hydrogen-bond acceptors (Lipinski definition) is 3. The van der Waals surface area contributed by atoms with E-state index in [-0.39, 0.29) is 23.8 Å². The second kappa shape index (κ2) is 7.56. The number of carbonyl (C=O) groups excluding carboxylic acids is 2. The van der Waals surface area contributed by atoms with E-state index in [1.165, 1.54) is 0 Å². The molecule has 2 heterocycles. The summed E-state index contributed by atoms with van der Waals surface area (Å²) in [5.41, 5.74) is 3.21. The summed E-state index contributed by atoms with van der Waals surface area (Å²) in [7, 11) is 0. The molecule has 5 nitrogen and oxygen atoms in total. The standard InChI is InChI=1S/C20H28N2O3/c1-4-25-17-8-6-10-21(13-17)20(24)16-11-19(23)22(12-16)18-9-5-7-14(2)15(18)3/h5,7,9,16-17H,4,6,8,10-13H2,1-3H3. The number of nitrogens with zero attached hydrogens (tertiary/aromatic N) is 2. The molecule has 136 valence electrons. The Morgan fingerprint density at radius 2 is 2.08 bits per heavy atom. The minimum absolute atomic E-state index is 0.0467. The first-order valence-electron chi connectivity index (χ1n) is 9.28. The Labute approximate surface area is 149 Å². The van der Waals surface area contributed by atoms with Crippen LogP contribution in [0.4, 0.5) is 5.69 Å². The van der Waals surface area contributed by atoms with E-state index in [1.807, 2.05) is 43.9 Å². The van der Waals surface area contributed by atoms with Gasteiger partial charge in [-0.05, 0) is 50.8 Å². The van der Waals surface area contributed by atoms with Crippen molar-refractivity contribution in [2.45, 2.75) is 46.1 Å². The quantitative estimate of drug-likeness (QED) is 0.844. The van der Waals surface area contributed by atoms with Crippen LogP contribution in [0.3, 0.4) is 0 Å². The zero-order chi connectivity index (χ0) is 18.0. The Bertz CT molecular complexity index is 656. The van der Waals surface area contributed by atoms with Crippen molar-refractivity contribution in [2.24, 2.45) is 5.92 Å². The number of likely N-dealkylation sites (tertiary alicyclic amines) is 1. The highest BCUT2D eigenvalue weighted by Crippen LogP contribution is 2.30. The molecule has 2 fully saturated rings. The van der Waals surface area contributed by atoms with Crippen molar-refractivity contribution >= 4 is 17.5 Å². The summed E-state index contributed by atoms with van der Waals surface area (Å²) in [5, 5.41) is 0. The fraction of sp³-hybridized carbons (Fsp3) is 0.600. The van der Waals surface area contributed by atoms with Gasteiger partial charge in [0.15, 0.2) is 0 Å². The Kier molecular flexibility index (Phi) is 5.42. The Hall–Kier alpha value is -1.88. The molecule has 0 aliphatic carbocycles. The summed E-state index contributed by atoms with van der Waals surface area (Å²) in [6.07, 6.45) is 2.42. The van der Waals surface area contributed by atoms with E-state index in [1.54, 1.807) is 4.90 Å². The number of ether oxygens (including phenoxy) is 1. The molecular weight excluding hydrogens is 316 g/mol. The van der Waals surface area contributed by atoms with Crippen molar-refractivity contribution in [3.63, 3.8) is 0 Å². The summed E-state index contributed by atoms with van der Waals surface area (Å²) in [6.45, 7) is 8.65. The van der Waals surface area contributed by atoms with Gasteiger partial charge in [0.1, 0.15) is 0 Å². The fourth-order valence-corrected chi connectivity index (χ4v) is 3.90. The zero-order valence-corrected chi connectivity index (χ0v) is 15.5. The first-order chi connectivity index (χ1) is 12.0. The molecule has 1 aromatic rings. The fourth-order valence-electron chi connectivity index (χ4n) is 3.90. The molecule has 0 radical (unpaired) electrons. The molecule has 2 atom stereocenters. The third-order valence-corrected chi connectivity index (χ3v) is 5.43. The number of anilines is 1. The van der Waals surface area contributed by atoms with Crippen LogP contribution in [0, 0.1) is 19.8 Å². The predicted octanol–water partition coefficient (Wildman–Crippen LogP) is 2.68. The molecule has 3 rings (SSSR count). The number of hydrogen-bond donors (Lipinski definition) is 0. The van der Waals surface area contributed by atoms with Crippen LogP contribution >= 0.6 is 0 Å². The summed E-state index contributed by atoms with van der Waals surface area (Å²) >= 11 is 0. The molecule has 0 spiro atoms. The molecular formula is C20H28N2O3. The van der Waals surface area contributed by atoms with Crippen LogP contribution in [0.2, 0.25) is 0 Å². The predicted molar refractivity (Wildman–Crippen MR) is 97.6 cm³/mol. The average molecular weight is 344 g/mol. The summed E-state index contributed by atoms with van der Waals surface area (Å²) < 4.78 is 5.70. The molecule has 5 heteroatoms. The van der Waals surface area contributed by atoms with Gasteiger partial charge in [-0.25, -0.2) is 0 Å². The van der Waals surface area contributed by atoms with Gasteiger partial charge in [0.25, 0.3) is 0 Å². The first kappa shape index (κ1) is 17.9.